The first-order valence-corrected chi connectivity index (χ1v) is 1.32. The quantitative estimate of drug-likeness (QED) is 0.216. The Balaban J connectivity index is -0.0000000569. The Morgan fingerprint density at radius 2 is 2.10 bits per heavy atom. The maximum Gasteiger partial charge on any atom is 1.00 e. The van der Waals surface area contributed by atoms with Crippen LogP contribution in [0.4, 0.5) is 0 Å². The first-order chi connectivity index (χ1) is 4.59. The van der Waals surface area contributed by atoms with Gasteiger partial charge >= 0.3 is 65.3 Å². The van der Waals surface area contributed by atoms with E-state index < -0.39 is 12.0 Å². The minimum Gasteiger partial charge on any atom is -0.658 e. The second-order valence-corrected chi connectivity index (χ2v) is 0.496. The molecule has 10 heavy (non-hydrogen) atoms. The van der Waals surface area contributed by atoms with Crippen LogP contribution in [0.25, 0.3) is 0 Å². The molecular formula is C4H2Na2O4. The van der Waals surface area contributed by atoms with Crippen molar-refractivity contribution >= 4 is 12.1 Å². The van der Waals surface area contributed by atoms with E-state index in [1.165, 1.54) is 6.55 Å². The van der Waals surface area contributed by atoms with Gasteiger partial charge in [-0.2, -0.15) is 9.59 Å². The molecule has 0 fully saturated rings. The summed E-state index contributed by atoms with van der Waals surface area (Å²) in [5, 5.41) is 9.41. The second kappa shape index (κ2) is 22.6. The molecule has 0 aliphatic rings. The molecule has 0 saturated carbocycles. The summed E-state index contributed by atoms with van der Waals surface area (Å²) in [6.07, 6.45) is 0.250. The minimum absolute atomic E-state index is 0. The van der Waals surface area contributed by atoms with Gasteiger partial charge in [-0.1, -0.05) is 1.37 Å². The molecular weight excluding hydrogens is 155 g/mol. The van der Waals surface area contributed by atoms with Crippen molar-refractivity contribution in [2.75, 3.05) is 0 Å². The Hall–Kier alpha value is 0.590. The molecule has 44 valence electrons. The Kier molecular flexibility index (Phi) is 29.9. The topological polar surface area (TPSA) is 74.3 Å². The fourth-order valence-electron chi connectivity index (χ4n) is 0. The standard InChI is InChI=1S/C3H3O2.CO2.2Na/c1-2-3(4)5;2-1-3;;/h1-2H,(H,4,5);;;/q-1;;2*+1/p-1/i1D,2D,4-3;;;. The molecule has 6 heteroatoms. The van der Waals surface area contributed by atoms with E-state index >= 15 is 0 Å². The summed E-state index contributed by atoms with van der Waals surface area (Å²) in [5.41, 5.74) is 0. The van der Waals surface area contributed by atoms with Crippen LogP contribution in [0.5, 0.6) is 0 Å². The van der Waals surface area contributed by atoms with E-state index in [1.807, 2.05) is 0 Å². The molecule has 4 nitrogen and oxygen atoms in total. The van der Waals surface area contributed by atoms with Crippen molar-refractivity contribution in [1.82, 2.24) is 0 Å². The predicted octanol–water partition coefficient (Wildman–Crippen LogP) is -7.85. The summed E-state index contributed by atoms with van der Waals surface area (Å²) in [5.74, 6) is -1.67. The van der Waals surface area contributed by atoms with Gasteiger partial charge in [0.1, 0.15) is 0 Å². The zero-order valence-electron chi connectivity index (χ0n) is 7.63. The van der Waals surface area contributed by atoms with Crippen LogP contribution in [-0.2, 0) is 14.4 Å². The molecule has 0 radical (unpaired) electrons. The first-order valence-electron chi connectivity index (χ1n) is 2.32. The van der Waals surface area contributed by atoms with Gasteiger partial charge in [0.05, 0.1) is 0 Å². The third kappa shape index (κ3) is 73.8. The third-order valence-electron chi connectivity index (χ3n) is 0.102. The maximum atomic E-state index is 9.41. The molecule has 0 aromatic carbocycles. The van der Waals surface area contributed by atoms with Gasteiger partial charge in [0.2, 0.25) is 0 Å². The number of rotatable bonds is 1. The molecule has 0 rings (SSSR count). The molecule has 0 bridgehead atoms. The number of aliphatic carboxylic acids is 1. The van der Waals surface area contributed by atoms with Crippen molar-refractivity contribution in [2.24, 2.45) is 0 Å². The van der Waals surface area contributed by atoms with E-state index in [4.69, 9.17) is 12.3 Å². The van der Waals surface area contributed by atoms with Crippen molar-refractivity contribution in [3.05, 3.63) is 12.6 Å². The van der Waals surface area contributed by atoms with Crippen molar-refractivity contribution in [3.63, 3.8) is 0 Å². The van der Waals surface area contributed by atoms with Crippen molar-refractivity contribution in [1.29, 1.82) is 0 Å². The van der Waals surface area contributed by atoms with Gasteiger partial charge < -0.3 is 9.90 Å². The number of carbonyl (C=O) groups is 1. The largest absolute Gasteiger partial charge is 1.00 e. The summed E-state index contributed by atoms with van der Waals surface area (Å²) in [4.78, 5) is 25.7. The third-order valence-corrected chi connectivity index (χ3v) is 0.102. The van der Waals surface area contributed by atoms with Crippen LogP contribution in [-0.4, -0.2) is 12.1 Å². The number of carbonyl (C=O) groups excluding carboxylic acids is 3. The van der Waals surface area contributed by atoms with Crippen LogP contribution in [0, 0.1) is 6.55 Å². The predicted molar refractivity (Wildman–Crippen MR) is 18.9 cm³/mol. The van der Waals surface area contributed by atoms with Crippen LogP contribution in [0.1, 0.15) is 2.74 Å². The molecule has 0 aliphatic carbocycles. The van der Waals surface area contributed by atoms with Gasteiger partial charge in [0, 0.05) is 1.37 Å². The fourth-order valence-corrected chi connectivity index (χ4v) is 0. The van der Waals surface area contributed by atoms with Crippen LogP contribution in [0.15, 0.2) is 6.05 Å². The Morgan fingerprint density at radius 3 is 2.10 bits per heavy atom. The van der Waals surface area contributed by atoms with Crippen LogP contribution in [0.2, 0.25) is 0 Å². The van der Waals surface area contributed by atoms with E-state index in [9.17, 15) is 9.90 Å². The molecule has 0 atom stereocenters. The SMILES string of the molecule is O=C=O.[2H][C-]=C([2H])C([O-])=[13O].[Na+].[Na+]. The number of carboxylic acids is 1. The summed E-state index contributed by atoms with van der Waals surface area (Å²) >= 11 is 0. The van der Waals surface area contributed by atoms with Crippen molar-refractivity contribution < 1.29 is 81.3 Å². The van der Waals surface area contributed by atoms with Gasteiger partial charge in [-0.3, -0.25) is 6.55 Å². The average molecular weight is 159 g/mol. The zero-order chi connectivity index (χ0) is 8.57. The van der Waals surface area contributed by atoms with Crippen LogP contribution >= 0.6 is 0 Å². The average Bonchev–Trinajstić information content (AvgIpc) is 1.88. The molecule has 0 unspecified atom stereocenters. The number of hydrogen-bond acceptors (Lipinski definition) is 4. The molecule has 0 N–H and O–H groups in total. The summed E-state index contributed by atoms with van der Waals surface area (Å²) in [7, 11) is 0. The van der Waals surface area contributed by atoms with E-state index in [2.05, 4.69) is 0 Å². The summed E-state index contributed by atoms with van der Waals surface area (Å²) < 4.78 is 12.3. The molecule has 0 spiro atoms. The Morgan fingerprint density at radius 1 is 1.80 bits per heavy atom. The van der Waals surface area contributed by atoms with Crippen LogP contribution in [0.3, 0.4) is 0 Å². The number of carboxylic acid groups (broad SMARTS) is 1. The summed E-state index contributed by atoms with van der Waals surface area (Å²) in [6.45, 7) is 1.34. The van der Waals surface area contributed by atoms with E-state index in [0.717, 1.165) is 0 Å². The second-order valence-electron chi connectivity index (χ2n) is 0.496. The van der Waals surface area contributed by atoms with Crippen molar-refractivity contribution in [3.8, 4) is 0 Å². The van der Waals surface area contributed by atoms with Gasteiger partial charge in [-0.15, -0.1) is 5.97 Å². The molecule has 0 amide bonds. The molecule has 0 heterocycles. The van der Waals surface area contributed by atoms with Crippen molar-refractivity contribution in [2.45, 2.75) is 0 Å². The smallest absolute Gasteiger partial charge is 0.658 e. The van der Waals surface area contributed by atoms with Gasteiger partial charge in [-0.25, -0.2) is 6.05 Å². The first kappa shape index (κ1) is 13.2. The van der Waals surface area contributed by atoms with E-state index in [-0.39, 0.29) is 65.3 Å². The van der Waals surface area contributed by atoms with Gasteiger partial charge in [0.15, 0.2) is 0 Å². The number of hydrogen-bond donors (Lipinski definition) is 0. The normalized spacial score (nSPS) is 9.00. The molecule has 0 aliphatic heterocycles. The van der Waals surface area contributed by atoms with E-state index in [0.29, 0.717) is 0 Å². The van der Waals surface area contributed by atoms with E-state index in [1.54, 1.807) is 0 Å². The monoisotopic (exact) mass is 159 g/mol. The molecule has 0 aromatic heterocycles. The fraction of sp³-hybridized carbons (Fsp3) is 0. The maximum absolute atomic E-state index is 9.41. The minimum atomic E-state index is -1.67. The zero-order valence-corrected chi connectivity index (χ0v) is 9.63. The Bertz CT molecular complexity index is 176. The molecule has 0 saturated heterocycles. The Labute approximate surface area is 105 Å². The summed E-state index contributed by atoms with van der Waals surface area (Å²) in [6, 6.07) is -0.931. The van der Waals surface area contributed by atoms with Crippen LogP contribution < -0.4 is 64.2 Å². The van der Waals surface area contributed by atoms with Gasteiger partial charge in [0.25, 0.3) is 0 Å². The van der Waals surface area contributed by atoms with Gasteiger partial charge in [-0.05, 0) is 0 Å². The molecule has 0 aromatic rings.